The maximum atomic E-state index is 10.5. The molecule has 0 saturated heterocycles. The highest BCUT2D eigenvalue weighted by Crippen LogP contribution is 2.36. The fourth-order valence-electron chi connectivity index (χ4n) is 3.65. The van der Waals surface area contributed by atoms with Gasteiger partial charge in [0.25, 0.3) is 0 Å². The van der Waals surface area contributed by atoms with Gasteiger partial charge in [-0.1, -0.05) is 24.3 Å². The number of carboxylic acid groups (broad SMARTS) is 1. The number of thiophene rings is 1. The summed E-state index contributed by atoms with van der Waals surface area (Å²) in [6, 6.07) is 2.04. The Morgan fingerprint density at radius 1 is 1.28 bits per heavy atom. The number of hydrogen-bond acceptors (Lipinski definition) is 5. The molecule has 162 valence electrons. The lowest BCUT2D eigenvalue weighted by atomic mass is 9.89. The first-order chi connectivity index (χ1) is 13.8. The van der Waals surface area contributed by atoms with E-state index in [0.717, 1.165) is 19.6 Å². The molecule has 1 aromatic heterocycles. The van der Waals surface area contributed by atoms with Crippen molar-refractivity contribution in [1.29, 1.82) is 0 Å². The maximum absolute atomic E-state index is 10.5. The molecule has 2 rings (SSSR count). The Balaban J connectivity index is 1.84. The van der Waals surface area contributed by atoms with E-state index in [1.165, 1.54) is 0 Å². The summed E-state index contributed by atoms with van der Waals surface area (Å²) in [4.78, 5) is 10.5. The Morgan fingerprint density at radius 2 is 2.03 bits per heavy atom. The molecule has 1 saturated carbocycles. The highest BCUT2D eigenvalue weighted by atomic mass is 79.9. The first-order valence-electron chi connectivity index (χ1n) is 9.81. The SMILES string of the molecule is O=C(O)CCC/C=C\C[C@H]1C(O)CC(O)C1/C=C/C(O)CCc1cc(Br)sc1Br. The van der Waals surface area contributed by atoms with Crippen LogP contribution in [0, 0.1) is 11.8 Å². The molecule has 1 aliphatic carbocycles. The van der Waals surface area contributed by atoms with E-state index in [0.29, 0.717) is 32.1 Å². The van der Waals surface area contributed by atoms with Crippen molar-refractivity contribution in [2.45, 2.75) is 63.3 Å². The summed E-state index contributed by atoms with van der Waals surface area (Å²) in [6.07, 6.45) is 9.34. The van der Waals surface area contributed by atoms with Crippen LogP contribution < -0.4 is 0 Å². The molecular formula is C21H28Br2O5S. The van der Waals surface area contributed by atoms with E-state index in [1.807, 2.05) is 24.3 Å². The standard InChI is InChI=1S/C21H28Br2O5S/c22-19-11-13(21(23)29-19)7-8-14(24)9-10-16-15(17(25)12-18(16)26)5-3-1-2-4-6-20(27)28/h1,3,9-11,14-18,24-26H,2,4-8,12H2,(H,27,28)/b3-1-,10-9+/t14?,15-,16?,17?,18?/m1/s1. The number of carboxylic acids is 1. The molecule has 1 aliphatic rings. The van der Waals surface area contributed by atoms with Crippen LogP contribution in [0.3, 0.4) is 0 Å². The monoisotopic (exact) mass is 550 g/mol. The molecule has 8 heteroatoms. The summed E-state index contributed by atoms with van der Waals surface area (Å²) in [5, 5.41) is 39.5. The largest absolute Gasteiger partial charge is 0.481 e. The van der Waals surface area contributed by atoms with E-state index < -0.39 is 24.3 Å². The van der Waals surface area contributed by atoms with Crippen LogP contribution in [0.5, 0.6) is 0 Å². The van der Waals surface area contributed by atoms with Crippen LogP contribution in [-0.4, -0.2) is 44.7 Å². The lowest BCUT2D eigenvalue weighted by molar-refractivity contribution is -0.137. The van der Waals surface area contributed by atoms with E-state index in [4.69, 9.17) is 5.11 Å². The maximum Gasteiger partial charge on any atom is 0.303 e. The Labute approximate surface area is 192 Å². The van der Waals surface area contributed by atoms with E-state index in [2.05, 4.69) is 31.9 Å². The molecule has 0 aliphatic heterocycles. The molecule has 1 aromatic rings. The van der Waals surface area contributed by atoms with Crippen molar-refractivity contribution in [1.82, 2.24) is 0 Å². The summed E-state index contributed by atoms with van der Waals surface area (Å²) >= 11 is 8.58. The van der Waals surface area contributed by atoms with Crippen molar-refractivity contribution in [3.63, 3.8) is 0 Å². The number of aryl methyl sites for hydroxylation is 1. The van der Waals surface area contributed by atoms with E-state index >= 15 is 0 Å². The lowest BCUT2D eigenvalue weighted by Gasteiger charge is -2.19. The summed E-state index contributed by atoms with van der Waals surface area (Å²) < 4.78 is 2.11. The van der Waals surface area contributed by atoms with Gasteiger partial charge in [-0.25, -0.2) is 0 Å². The van der Waals surface area contributed by atoms with Crippen LogP contribution in [0.2, 0.25) is 0 Å². The number of allylic oxidation sites excluding steroid dienone is 2. The van der Waals surface area contributed by atoms with Gasteiger partial charge in [0.15, 0.2) is 0 Å². The molecule has 4 N–H and O–H groups in total. The average molecular weight is 552 g/mol. The van der Waals surface area contributed by atoms with Gasteiger partial charge in [0, 0.05) is 18.8 Å². The number of carbonyl (C=O) groups is 1. The van der Waals surface area contributed by atoms with Gasteiger partial charge in [0.1, 0.15) is 0 Å². The minimum absolute atomic E-state index is 0.105. The van der Waals surface area contributed by atoms with Crippen molar-refractivity contribution in [3.05, 3.63) is 43.5 Å². The second-order valence-electron chi connectivity index (χ2n) is 7.45. The number of halogens is 2. The molecule has 1 fully saturated rings. The van der Waals surface area contributed by atoms with Gasteiger partial charge < -0.3 is 20.4 Å². The van der Waals surface area contributed by atoms with E-state index in [9.17, 15) is 20.1 Å². The van der Waals surface area contributed by atoms with Crippen molar-refractivity contribution in [2.24, 2.45) is 11.8 Å². The lowest BCUT2D eigenvalue weighted by Crippen LogP contribution is -2.20. The smallest absolute Gasteiger partial charge is 0.303 e. The zero-order valence-corrected chi connectivity index (χ0v) is 20.1. The van der Waals surface area contributed by atoms with Crippen LogP contribution in [0.4, 0.5) is 0 Å². The van der Waals surface area contributed by atoms with E-state index in [-0.39, 0.29) is 18.3 Å². The topological polar surface area (TPSA) is 98.0 Å². The van der Waals surface area contributed by atoms with Gasteiger partial charge >= 0.3 is 5.97 Å². The first kappa shape index (κ1) is 24.8. The molecule has 0 amide bonds. The number of aliphatic carboxylic acids is 1. The Bertz CT molecular complexity index is 718. The first-order valence-corrected chi connectivity index (χ1v) is 12.2. The van der Waals surface area contributed by atoms with Gasteiger partial charge in [-0.15, -0.1) is 11.3 Å². The molecule has 0 aromatic carbocycles. The molecule has 1 heterocycles. The third-order valence-electron chi connectivity index (χ3n) is 5.24. The quantitative estimate of drug-likeness (QED) is 0.236. The predicted molar refractivity (Wildman–Crippen MR) is 122 cm³/mol. The second kappa shape index (κ2) is 12.4. The third-order valence-corrected chi connectivity index (χ3v) is 7.71. The van der Waals surface area contributed by atoms with Gasteiger partial charge in [-0.05, 0) is 81.5 Å². The van der Waals surface area contributed by atoms with Gasteiger partial charge in [-0.2, -0.15) is 0 Å². The van der Waals surface area contributed by atoms with Crippen LogP contribution >= 0.6 is 43.2 Å². The van der Waals surface area contributed by atoms with Gasteiger partial charge in [0.2, 0.25) is 0 Å². The number of aliphatic hydroxyl groups excluding tert-OH is 3. The molecule has 0 bridgehead atoms. The molecule has 0 spiro atoms. The van der Waals surface area contributed by atoms with Crippen LogP contribution in [0.15, 0.2) is 37.9 Å². The molecule has 5 nitrogen and oxygen atoms in total. The number of aliphatic hydroxyl groups is 3. The molecule has 4 unspecified atom stereocenters. The van der Waals surface area contributed by atoms with Crippen LogP contribution in [0.25, 0.3) is 0 Å². The third kappa shape index (κ3) is 8.26. The van der Waals surface area contributed by atoms with Crippen LogP contribution in [0.1, 0.15) is 44.1 Å². The van der Waals surface area contributed by atoms with Gasteiger partial charge in [0.05, 0.1) is 25.9 Å². The molecular weight excluding hydrogens is 524 g/mol. The summed E-state index contributed by atoms with van der Waals surface area (Å²) in [5.74, 6) is -1.10. The molecule has 29 heavy (non-hydrogen) atoms. The zero-order valence-electron chi connectivity index (χ0n) is 16.1. The fourth-order valence-corrected chi connectivity index (χ4v) is 6.56. The zero-order chi connectivity index (χ0) is 21.4. The molecule has 0 radical (unpaired) electrons. The Kier molecular flexibility index (Phi) is 10.6. The van der Waals surface area contributed by atoms with Crippen molar-refractivity contribution < 1.29 is 25.2 Å². The number of rotatable bonds is 11. The number of hydrogen-bond donors (Lipinski definition) is 4. The van der Waals surface area contributed by atoms with Crippen molar-refractivity contribution >= 4 is 49.2 Å². The highest BCUT2D eigenvalue weighted by Gasteiger charge is 2.39. The highest BCUT2D eigenvalue weighted by molar-refractivity contribution is 9.12. The predicted octanol–water partition coefficient (Wildman–Crippen LogP) is 4.68. The summed E-state index contributed by atoms with van der Waals surface area (Å²) in [7, 11) is 0. The minimum atomic E-state index is -0.796. The van der Waals surface area contributed by atoms with E-state index in [1.54, 1.807) is 17.4 Å². The minimum Gasteiger partial charge on any atom is -0.481 e. The Morgan fingerprint density at radius 3 is 2.69 bits per heavy atom. The van der Waals surface area contributed by atoms with Crippen LogP contribution in [-0.2, 0) is 11.2 Å². The second-order valence-corrected chi connectivity index (χ2v) is 11.2. The summed E-state index contributed by atoms with van der Waals surface area (Å²) in [5.41, 5.74) is 1.15. The average Bonchev–Trinajstić information content (AvgIpc) is 3.11. The fraction of sp³-hybridized carbons (Fsp3) is 0.571. The molecule has 5 atom stereocenters. The van der Waals surface area contributed by atoms with Gasteiger partial charge in [-0.3, -0.25) is 4.79 Å². The number of unbranched alkanes of at least 4 members (excludes halogenated alkanes) is 1. The normalized spacial score (nSPS) is 26.0. The van der Waals surface area contributed by atoms with Crippen molar-refractivity contribution in [3.8, 4) is 0 Å². The van der Waals surface area contributed by atoms with Crippen molar-refractivity contribution in [2.75, 3.05) is 0 Å². The summed E-state index contributed by atoms with van der Waals surface area (Å²) in [6.45, 7) is 0. The Hall–Kier alpha value is -0.510.